The molecule has 0 bridgehead atoms. The highest BCUT2D eigenvalue weighted by atomic mass is 16.5. The predicted molar refractivity (Wildman–Crippen MR) is 89.6 cm³/mol. The van der Waals surface area contributed by atoms with Crippen LogP contribution in [-0.2, 0) is 9.59 Å². The van der Waals surface area contributed by atoms with Crippen molar-refractivity contribution in [1.29, 1.82) is 0 Å². The van der Waals surface area contributed by atoms with Crippen LogP contribution in [0, 0.1) is 0 Å². The van der Waals surface area contributed by atoms with Crippen molar-refractivity contribution in [3.63, 3.8) is 0 Å². The van der Waals surface area contributed by atoms with Gasteiger partial charge in [-0.05, 0) is 25.5 Å². The Kier molecular flexibility index (Phi) is 6.43. The lowest BCUT2D eigenvalue weighted by molar-refractivity contribution is -0.140. The van der Waals surface area contributed by atoms with Crippen LogP contribution in [0.4, 0.5) is 5.69 Å². The first kappa shape index (κ1) is 18.1. The monoisotopic (exact) mass is 336 g/mol. The number of carbonyl (C=O) groups excluding carboxylic acids is 1. The molecule has 0 aliphatic carbocycles. The molecule has 1 amide bonds. The number of hydrogen-bond donors (Lipinski definition) is 3. The summed E-state index contributed by atoms with van der Waals surface area (Å²) < 4.78 is 11.1. The molecule has 1 heterocycles. The van der Waals surface area contributed by atoms with Crippen LogP contribution >= 0.6 is 0 Å². The number of benzene rings is 1. The van der Waals surface area contributed by atoms with Gasteiger partial charge in [-0.15, -0.1) is 0 Å². The maximum atomic E-state index is 12.3. The molecule has 0 aromatic heterocycles. The Morgan fingerprint density at radius 1 is 1.25 bits per heavy atom. The van der Waals surface area contributed by atoms with E-state index in [1.54, 1.807) is 25.1 Å². The Balaban J connectivity index is 1.98. The summed E-state index contributed by atoms with van der Waals surface area (Å²) in [4.78, 5) is 23.4. The standard InChI is InChI=1S/C17H24N2O5/c1-3-5-13(17(21)22)18-11(2)16(20)19-12-6-7-14-15(10-12)24-9-4-8-23-14/h6-7,10-11,13,18H,3-5,8-9H2,1-2H3,(H,19,20)(H,21,22). The van der Waals surface area contributed by atoms with Gasteiger partial charge in [-0.3, -0.25) is 14.9 Å². The predicted octanol–water partition coefficient (Wildman–Crippen LogP) is 2.02. The number of anilines is 1. The maximum Gasteiger partial charge on any atom is 0.320 e. The molecule has 24 heavy (non-hydrogen) atoms. The van der Waals surface area contributed by atoms with Crippen molar-refractivity contribution in [3.8, 4) is 11.5 Å². The third kappa shape index (κ3) is 4.86. The fourth-order valence-electron chi connectivity index (χ4n) is 2.44. The molecule has 0 fully saturated rings. The van der Waals surface area contributed by atoms with Gasteiger partial charge in [-0.1, -0.05) is 13.3 Å². The number of carboxylic acids is 1. The van der Waals surface area contributed by atoms with Gasteiger partial charge in [0.2, 0.25) is 5.91 Å². The van der Waals surface area contributed by atoms with Crippen molar-refractivity contribution in [1.82, 2.24) is 5.32 Å². The van der Waals surface area contributed by atoms with Crippen LogP contribution < -0.4 is 20.1 Å². The Morgan fingerprint density at radius 3 is 2.62 bits per heavy atom. The van der Waals surface area contributed by atoms with Crippen LogP contribution in [0.3, 0.4) is 0 Å². The zero-order valence-electron chi connectivity index (χ0n) is 14.0. The molecule has 2 rings (SSSR count). The van der Waals surface area contributed by atoms with Gasteiger partial charge >= 0.3 is 5.97 Å². The van der Waals surface area contributed by atoms with Crippen LogP contribution in [0.5, 0.6) is 11.5 Å². The van der Waals surface area contributed by atoms with Gasteiger partial charge < -0.3 is 19.9 Å². The molecule has 132 valence electrons. The summed E-state index contributed by atoms with van der Waals surface area (Å²) in [6, 6.07) is 3.84. The molecule has 7 nitrogen and oxygen atoms in total. The molecular weight excluding hydrogens is 312 g/mol. The van der Waals surface area contributed by atoms with Crippen molar-refractivity contribution in [2.45, 2.75) is 45.2 Å². The second kappa shape index (κ2) is 8.54. The van der Waals surface area contributed by atoms with Crippen molar-refractivity contribution >= 4 is 17.6 Å². The summed E-state index contributed by atoms with van der Waals surface area (Å²) in [6.45, 7) is 4.72. The van der Waals surface area contributed by atoms with Crippen LogP contribution in [0.25, 0.3) is 0 Å². The molecule has 2 unspecified atom stereocenters. The summed E-state index contributed by atoms with van der Waals surface area (Å²) in [5.74, 6) is 0.00444. The molecule has 0 radical (unpaired) electrons. The van der Waals surface area contributed by atoms with Gasteiger partial charge in [0, 0.05) is 18.2 Å². The summed E-state index contributed by atoms with van der Waals surface area (Å²) in [6.07, 6.45) is 2.00. The fourth-order valence-corrected chi connectivity index (χ4v) is 2.44. The molecule has 0 spiro atoms. The first-order chi connectivity index (χ1) is 11.5. The third-order valence-electron chi connectivity index (χ3n) is 3.73. The molecule has 1 aliphatic heterocycles. The molecule has 0 saturated carbocycles. The quantitative estimate of drug-likeness (QED) is 0.705. The minimum Gasteiger partial charge on any atom is -0.490 e. The van der Waals surface area contributed by atoms with Gasteiger partial charge in [0.25, 0.3) is 0 Å². The van der Waals surface area contributed by atoms with Crippen LogP contribution in [0.1, 0.15) is 33.1 Å². The lowest BCUT2D eigenvalue weighted by Crippen LogP contribution is -2.47. The van der Waals surface area contributed by atoms with E-state index in [2.05, 4.69) is 10.6 Å². The molecule has 7 heteroatoms. The van der Waals surface area contributed by atoms with E-state index >= 15 is 0 Å². The Hall–Kier alpha value is -2.28. The van der Waals surface area contributed by atoms with Crippen molar-refractivity contribution in [2.24, 2.45) is 0 Å². The molecular formula is C17H24N2O5. The smallest absolute Gasteiger partial charge is 0.320 e. The Morgan fingerprint density at radius 2 is 1.96 bits per heavy atom. The van der Waals surface area contributed by atoms with Crippen molar-refractivity contribution in [3.05, 3.63) is 18.2 Å². The number of hydrogen-bond acceptors (Lipinski definition) is 5. The van der Waals surface area contributed by atoms with Gasteiger partial charge in [-0.2, -0.15) is 0 Å². The number of rotatable bonds is 7. The highest BCUT2D eigenvalue weighted by molar-refractivity contribution is 5.95. The van der Waals surface area contributed by atoms with Gasteiger partial charge in [0.15, 0.2) is 11.5 Å². The number of amides is 1. The Labute approximate surface area is 141 Å². The van der Waals surface area contributed by atoms with E-state index in [0.717, 1.165) is 12.8 Å². The topological polar surface area (TPSA) is 96.9 Å². The Bertz CT molecular complexity index is 590. The maximum absolute atomic E-state index is 12.3. The summed E-state index contributed by atoms with van der Waals surface area (Å²) in [5, 5.41) is 14.8. The molecule has 2 atom stereocenters. The van der Waals surface area contributed by atoms with E-state index in [-0.39, 0.29) is 5.91 Å². The normalized spacial score (nSPS) is 15.9. The largest absolute Gasteiger partial charge is 0.490 e. The second-order valence-electron chi connectivity index (χ2n) is 5.77. The first-order valence-electron chi connectivity index (χ1n) is 8.20. The minimum atomic E-state index is -0.952. The molecule has 1 aromatic carbocycles. The van der Waals surface area contributed by atoms with Gasteiger partial charge in [0.05, 0.1) is 19.3 Å². The second-order valence-corrected chi connectivity index (χ2v) is 5.77. The number of fused-ring (bicyclic) bond motifs is 1. The van der Waals surface area contributed by atoms with Crippen molar-refractivity contribution < 1.29 is 24.2 Å². The van der Waals surface area contributed by atoms with E-state index in [4.69, 9.17) is 14.6 Å². The first-order valence-corrected chi connectivity index (χ1v) is 8.20. The average Bonchev–Trinajstić information content (AvgIpc) is 2.79. The molecule has 3 N–H and O–H groups in total. The summed E-state index contributed by atoms with van der Waals surface area (Å²) in [7, 11) is 0. The number of carboxylic acid groups (broad SMARTS) is 1. The number of ether oxygens (including phenoxy) is 2. The third-order valence-corrected chi connectivity index (χ3v) is 3.73. The van der Waals surface area contributed by atoms with E-state index < -0.39 is 18.1 Å². The number of aliphatic carboxylic acids is 1. The van der Waals surface area contributed by atoms with Crippen LogP contribution in [0.2, 0.25) is 0 Å². The lowest BCUT2D eigenvalue weighted by atomic mass is 10.1. The molecule has 1 aliphatic rings. The number of carbonyl (C=O) groups is 2. The highest BCUT2D eigenvalue weighted by Crippen LogP contribution is 2.32. The lowest BCUT2D eigenvalue weighted by Gasteiger charge is -2.19. The minimum absolute atomic E-state index is 0.299. The van der Waals surface area contributed by atoms with Gasteiger partial charge in [-0.25, -0.2) is 0 Å². The highest BCUT2D eigenvalue weighted by Gasteiger charge is 2.22. The fraction of sp³-hybridized carbons (Fsp3) is 0.529. The van der Waals surface area contributed by atoms with Crippen LogP contribution in [0.15, 0.2) is 18.2 Å². The van der Waals surface area contributed by atoms with E-state index in [1.807, 2.05) is 6.92 Å². The summed E-state index contributed by atoms with van der Waals surface area (Å²) in [5.41, 5.74) is 0.584. The van der Waals surface area contributed by atoms with Gasteiger partial charge in [0.1, 0.15) is 6.04 Å². The van der Waals surface area contributed by atoms with Crippen molar-refractivity contribution in [2.75, 3.05) is 18.5 Å². The van der Waals surface area contributed by atoms with E-state index in [0.29, 0.717) is 36.8 Å². The zero-order valence-corrected chi connectivity index (χ0v) is 14.0. The van der Waals surface area contributed by atoms with E-state index in [9.17, 15) is 9.59 Å². The number of nitrogens with one attached hydrogen (secondary N) is 2. The average molecular weight is 336 g/mol. The molecule has 1 aromatic rings. The molecule has 0 saturated heterocycles. The van der Waals surface area contributed by atoms with E-state index in [1.165, 1.54) is 0 Å². The SMILES string of the molecule is CCCC(NC(C)C(=O)Nc1ccc2c(c1)OCCCO2)C(=O)O. The summed E-state index contributed by atoms with van der Waals surface area (Å²) >= 11 is 0. The zero-order chi connectivity index (χ0) is 17.5. The van der Waals surface area contributed by atoms with Crippen LogP contribution in [-0.4, -0.2) is 42.3 Å².